The fraction of sp³-hybridized carbons (Fsp3) is 0.250. The van der Waals surface area contributed by atoms with Gasteiger partial charge in [0.25, 0.3) is 5.96 Å². The van der Waals surface area contributed by atoms with Crippen LogP contribution in [0.25, 0.3) is 10.9 Å². The van der Waals surface area contributed by atoms with Gasteiger partial charge in [0.05, 0.1) is 0 Å². The van der Waals surface area contributed by atoms with Crippen molar-refractivity contribution in [3.05, 3.63) is 40.6 Å². The van der Waals surface area contributed by atoms with Crippen molar-refractivity contribution in [1.82, 2.24) is 10.4 Å². The lowest BCUT2D eigenvalue weighted by Crippen LogP contribution is -2.36. The van der Waals surface area contributed by atoms with E-state index in [4.69, 9.17) is 5.73 Å². The SMILES string of the molecule is NC(=NCCCNc1ccc2[nH]ccc2c1)N[N+](=O)[O-]. The first-order valence-corrected chi connectivity index (χ1v) is 6.17. The molecule has 20 heavy (non-hydrogen) atoms. The smallest absolute Gasteiger partial charge is 0.251 e. The van der Waals surface area contributed by atoms with Gasteiger partial charge in [0.2, 0.25) is 0 Å². The number of aromatic nitrogens is 1. The minimum atomic E-state index is -0.733. The third-order valence-electron chi connectivity index (χ3n) is 2.71. The van der Waals surface area contributed by atoms with Crippen molar-refractivity contribution >= 4 is 22.5 Å². The van der Waals surface area contributed by atoms with E-state index in [1.807, 2.05) is 24.4 Å². The Balaban J connectivity index is 1.74. The average Bonchev–Trinajstić information content (AvgIpc) is 2.84. The summed E-state index contributed by atoms with van der Waals surface area (Å²) in [6.45, 7) is 1.14. The number of benzene rings is 1. The molecule has 0 aliphatic carbocycles. The summed E-state index contributed by atoms with van der Waals surface area (Å²) in [7, 11) is 0. The monoisotopic (exact) mass is 276 g/mol. The maximum atomic E-state index is 10.1. The van der Waals surface area contributed by atoms with Gasteiger partial charge in [-0.25, -0.2) is 15.1 Å². The third kappa shape index (κ3) is 3.87. The van der Waals surface area contributed by atoms with E-state index in [0.29, 0.717) is 13.1 Å². The molecule has 5 N–H and O–H groups in total. The maximum absolute atomic E-state index is 10.1. The van der Waals surface area contributed by atoms with Gasteiger partial charge in [-0.1, -0.05) is 5.43 Å². The molecular formula is C12H16N6O2. The van der Waals surface area contributed by atoms with Crippen LogP contribution < -0.4 is 16.5 Å². The highest BCUT2D eigenvalue weighted by Gasteiger charge is 1.98. The molecule has 0 unspecified atom stereocenters. The van der Waals surface area contributed by atoms with Crippen molar-refractivity contribution < 1.29 is 5.03 Å². The molecule has 0 fully saturated rings. The Labute approximate surface area is 115 Å². The Morgan fingerprint density at radius 3 is 3.10 bits per heavy atom. The lowest BCUT2D eigenvalue weighted by atomic mass is 10.2. The number of nitrogens with two attached hydrogens (primary N) is 1. The molecule has 2 aromatic rings. The van der Waals surface area contributed by atoms with Gasteiger partial charge in [0.1, 0.15) is 0 Å². The summed E-state index contributed by atoms with van der Waals surface area (Å²) < 4.78 is 0. The van der Waals surface area contributed by atoms with Gasteiger partial charge >= 0.3 is 0 Å². The molecule has 1 aromatic carbocycles. The van der Waals surface area contributed by atoms with Crippen molar-refractivity contribution in [2.45, 2.75) is 6.42 Å². The Hall–Kier alpha value is -2.77. The number of nitrogens with zero attached hydrogens (tertiary/aromatic N) is 2. The van der Waals surface area contributed by atoms with E-state index in [9.17, 15) is 10.1 Å². The van der Waals surface area contributed by atoms with Crippen molar-refractivity contribution in [2.24, 2.45) is 10.7 Å². The summed E-state index contributed by atoms with van der Waals surface area (Å²) in [6, 6.07) is 8.06. The molecule has 0 amide bonds. The average molecular weight is 276 g/mol. The van der Waals surface area contributed by atoms with Crippen molar-refractivity contribution in [1.29, 1.82) is 0 Å². The third-order valence-corrected chi connectivity index (χ3v) is 2.71. The van der Waals surface area contributed by atoms with Crippen molar-refractivity contribution in [3.8, 4) is 0 Å². The summed E-state index contributed by atoms with van der Waals surface area (Å²) in [6.07, 6.45) is 2.62. The molecule has 2 rings (SSSR count). The highest BCUT2D eigenvalue weighted by Crippen LogP contribution is 2.17. The zero-order chi connectivity index (χ0) is 14.4. The number of hydrogen-bond donors (Lipinski definition) is 4. The first-order chi connectivity index (χ1) is 9.65. The van der Waals surface area contributed by atoms with Gasteiger partial charge in [0.15, 0.2) is 5.03 Å². The van der Waals surface area contributed by atoms with E-state index in [-0.39, 0.29) is 5.96 Å². The van der Waals surface area contributed by atoms with Gasteiger partial charge in [-0.05, 0) is 30.7 Å². The van der Waals surface area contributed by atoms with Crippen LogP contribution in [0.3, 0.4) is 0 Å². The second kappa shape index (κ2) is 6.41. The molecular weight excluding hydrogens is 260 g/mol. The molecule has 0 aliphatic rings. The predicted octanol–water partition coefficient (Wildman–Crippen LogP) is 1.07. The van der Waals surface area contributed by atoms with E-state index in [1.165, 1.54) is 0 Å². The van der Waals surface area contributed by atoms with E-state index in [0.717, 1.165) is 23.0 Å². The molecule has 0 saturated heterocycles. The van der Waals surface area contributed by atoms with Gasteiger partial charge in [-0.15, -0.1) is 0 Å². The number of hydrogen-bond acceptors (Lipinski definition) is 4. The van der Waals surface area contributed by atoms with Crippen molar-refractivity contribution in [2.75, 3.05) is 18.4 Å². The van der Waals surface area contributed by atoms with Crippen LogP contribution >= 0.6 is 0 Å². The summed E-state index contributed by atoms with van der Waals surface area (Å²) in [5, 5.41) is 13.8. The fourth-order valence-electron chi connectivity index (χ4n) is 1.80. The number of nitrogens with one attached hydrogen (secondary N) is 3. The number of guanidine groups is 1. The van der Waals surface area contributed by atoms with Crippen LogP contribution in [-0.4, -0.2) is 29.1 Å². The van der Waals surface area contributed by atoms with Crippen LogP contribution in [0.5, 0.6) is 0 Å². The molecule has 1 heterocycles. The largest absolute Gasteiger partial charge is 0.385 e. The molecule has 8 heteroatoms. The number of anilines is 1. The molecule has 106 valence electrons. The number of nitro groups is 1. The van der Waals surface area contributed by atoms with E-state index in [2.05, 4.69) is 21.4 Å². The number of fused-ring (bicyclic) bond motifs is 1. The zero-order valence-corrected chi connectivity index (χ0v) is 10.8. The van der Waals surface area contributed by atoms with Crippen LogP contribution in [0.2, 0.25) is 0 Å². The second-order valence-corrected chi connectivity index (χ2v) is 4.20. The molecule has 0 bridgehead atoms. The van der Waals surface area contributed by atoms with Gasteiger partial charge in [-0.3, -0.25) is 0 Å². The lowest BCUT2D eigenvalue weighted by molar-refractivity contribution is -0.525. The molecule has 0 spiro atoms. The summed E-state index contributed by atoms with van der Waals surface area (Å²) in [5.41, 5.74) is 9.21. The molecule has 1 aromatic heterocycles. The Morgan fingerprint density at radius 1 is 1.45 bits per heavy atom. The zero-order valence-electron chi connectivity index (χ0n) is 10.8. The van der Waals surface area contributed by atoms with Crippen LogP contribution in [0.1, 0.15) is 6.42 Å². The molecule has 0 saturated carbocycles. The number of hydrazine groups is 1. The molecule has 0 radical (unpaired) electrons. The van der Waals surface area contributed by atoms with Crippen LogP contribution in [0.15, 0.2) is 35.5 Å². The van der Waals surface area contributed by atoms with Crippen LogP contribution in [0, 0.1) is 10.1 Å². The van der Waals surface area contributed by atoms with Gasteiger partial charge in [0, 0.05) is 35.9 Å². The first kappa shape index (κ1) is 13.7. The minimum Gasteiger partial charge on any atom is -0.385 e. The van der Waals surface area contributed by atoms with Crippen LogP contribution in [0.4, 0.5) is 5.69 Å². The lowest BCUT2D eigenvalue weighted by Gasteiger charge is -2.05. The van der Waals surface area contributed by atoms with Crippen LogP contribution in [-0.2, 0) is 0 Å². The number of H-pyrrole nitrogens is 1. The Morgan fingerprint density at radius 2 is 2.30 bits per heavy atom. The minimum absolute atomic E-state index is 0.177. The highest BCUT2D eigenvalue weighted by molar-refractivity contribution is 5.82. The number of aliphatic imine (C=N–C) groups is 1. The standard InChI is InChI=1S/C12H16N6O2/c13-12(17-18(19)20)16-6-1-5-14-10-2-3-11-9(8-10)4-7-15-11/h2-4,7-8,14-15H,1,5-6H2,(H3,13,16,17). The summed E-state index contributed by atoms with van der Waals surface area (Å²) >= 11 is 0. The molecule has 8 nitrogen and oxygen atoms in total. The topological polar surface area (TPSA) is 121 Å². The molecule has 0 aliphatic heterocycles. The summed E-state index contributed by atoms with van der Waals surface area (Å²) in [4.78, 5) is 17.1. The van der Waals surface area contributed by atoms with E-state index >= 15 is 0 Å². The Bertz CT molecular complexity index is 621. The first-order valence-electron chi connectivity index (χ1n) is 6.17. The molecule has 0 atom stereocenters. The van der Waals surface area contributed by atoms with E-state index < -0.39 is 5.03 Å². The normalized spacial score (nSPS) is 11.5. The second-order valence-electron chi connectivity index (χ2n) is 4.20. The fourth-order valence-corrected chi connectivity index (χ4v) is 1.80. The summed E-state index contributed by atoms with van der Waals surface area (Å²) in [5.74, 6) is -0.177. The van der Waals surface area contributed by atoms with Gasteiger partial charge < -0.3 is 16.0 Å². The number of rotatable bonds is 6. The number of aromatic amines is 1. The highest BCUT2D eigenvalue weighted by atomic mass is 16.7. The predicted molar refractivity (Wildman–Crippen MR) is 78.0 cm³/mol. The Kier molecular flexibility index (Phi) is 4.38. The van der Waals surface area contributed by atoms with E-state index in [1.54, 1.807) is 5.43 Å². The van der Waals surface area contributed by atoms with Crippen molar-refractivity contribution in [3.63, 3.8) is 0 Å². The maximum Gasteiger partial charge on any atom is 0.251 e. The quantitative estimate of drug-likeness (QED) is 0.207. The van der Waals surface area contributed by atoms with Gasteiger partial charge in [-0.2, -0.15) is 0 Å².